The Morgan fingerprint density at radius 3 is 3.36 bits per heavy atom. The molecule has 1 aromatic heterocycles. The van der Waals surface area contributed by atoms with Crippen molar-refractivity contribution in [3.63, 3.8) is 0 Å². The molecule has 78 valence electrons. The average molecular weight is 231 g/mol. The minimum Gasteiger partial charge on any atom is -0.338 e. The largest absolute Gasteiger partial charge is 0.338 e. The van der Waals surface area contributed by atoms with Crippen molar-refractivity contribution in [1.29, 1.82) is 0 Å². The maximum atomic E-state index is 5.21. The topological polar surface area (TPSA) is 51.0 Å². The molecule has 1 N–H and O–H groups in total. The number of rotatable bonds is 3. The van der Waals surface area contributed by atoms with Crippen LogP contribution in [0.25, 0.3) is 0 Å². The van der Waals surface area contributed by atoms with Crippen LogP contribution >= 0.6 is 23.5 Å². The lowest BCUT2D eigenvalue weighted by Crippen LogP contribution is -2.30. The highest BCUT2D eigenvalue weighted by Crippen LogP contribution is 2.20. The lowest BCUT2D eigenvalue weighted by atomic mass is 10.3. The fourth-order valence-corrected chi connectivity index (χ4v) is 2.62. The highest BCUT2D eigenvalue weighted by Gasteiger charge is 2.20. The molecule has 0 bridgehead atoms. The van der Waals surface area contributed by atoms with Gasteiger partial charge in [0.25, 0.3) is 0 Å². The monoisotopic (exact) mass is 231 g/mol. The molecule has 4 nitrogen and oxygen atoms in total. The lowest BCUT2D eigenvalue weighted by molar-refractivity contribution is 0.340. The summed E-state index contributed by atoms with van der Waals surface area (Å²) in [5, 5.41) is 7.29. The first-order chi connectivity index (χ1) is 6.90. The van der Waals surface area contributed by atoms with E-state index in [2.05, 4.69) is 15.5 Å². The van der Waals surface area contributed by atoms with Crippen molar-refractivity contribution in [2.24, 2.45) is 0 Å². The molecule has 0 spiro atoms. The molecule has 1 saturated heterocycles. The summed E-state index contributed by atoms with van der Waals surface area (Å²) in [6, 6.07) is 0.247. The normalized spacial score (nSPS) is 22.5. The van der Waals surface area contributed by atoms with Gasteiger partial charge < -0.3 is 9.84 Å². The second-order valence-electron chi connectivity index (χ2n) is 3.06. The Hall–Kier alpha value is -0.200. The predicted octanol–water partition coefficient (Wildman–Crippen LogP) is 1.31. The summed E-state index contributed by atoms with van der Waals surface area (Å²) in [5.74, 6) is 4.55. The Bertz CT molecular complexity index is 286. The number of nitrogens with one attached hydrogen (secondary N) is 1. The van der Waals surface area contributed by atoms with Crippen molar-refractivity contribution in [2.75, 3.05) is 24.3 Å². The van der Waals surface area contributed by atoms with Gasteiger partial charge in [0, 0.05) is 18.1 Å². The second kappa shape index (κ2) is 5.04. The van der Waals surface area contributed by atoms with E-state index in [1.807, 2.05) is 18.0 Å². The third kappa shape index (κ3) is 2.43. The first-order valence-corrected chi connectivity index (χ1v) is 7.07. The third-order valence-electron chi connectivity index (χ3n) is 1.98. The fourth-order valence-electron chi connectivity index (χ4n) is 1.32. The first kappa shape index (κ1) is 10.3. The molecule has 0 radical (unpaired) electrons. The average Bonchev–Trinajstić information content (AvgIpc) is 2.68. The summed E-state index contributed by atoms with van der Waals surface area (Å²) in [5.41, 5.74) is 0. The van der Waals surface area contributed by atoms with Gasteiger partial charge in [0.1, 0.15) is 0 Å². The summed E-state index contributed by atoms with van der Waals surface area (Å²) in [6.07, 6.45) is 2.03. The quantitative estimate of drug-likeness (QED) is 0.846. The van der Waals surface area contributed by atoms with Crippen LogP contribution in [0.5, 0.6) is 0 Å². The molecule has 6 heteroatoms. The molecule has 0 aromatic carbocycles. The molecule has 2 rings (SSSR count). The molecule has 0 saturated carbocycles. The number of aromatic nitrogens is 2. The Morgan fingerprint density at radius 2 is 2.64 bits per heavy atom. The molecule has 14 heavy (non-hydrogen) atoms. The summed E-state index contributed by atoms with van der Waals surface area (Å²) < 4.78 is 5.21. The molecular weight excluding hydrogens is 218 g/mol. The second-order valence-corrected chi connectivity index (χ2v) is 5.08. The van der Waals surface area contributed by atoms with E-state index in [1.165, 1.54) is 5.75 Å². The standard InChI is InChI=1S/C8H13N3OS2/c1-13-5-7-10-8(12-11-7)6-4-14-3-2-9-6/h6,9H,2-5H2,1H3. The molecular formula is C8H13N3OS2. The van der Waals surface area contributed by atoms with Crippen LogP contribution in [0.3, 0.4) is 0 Å². The van der Waals surface area contributed by atoms with E-state index in [0.29, 0.717) is 0 Å². The van der Waals surface area contributed by atoms with E-state index >= 15 is 0 Å². The van der Waals surface area contributed by atoms with Crippen LogP contribution in [-0.2, 0) is 5.75 Å². The number of hydrogen-bond donors (Lipinski definition) is 1. The molecule has 1 unspecified atom stereocenters. The van der Waals surface area contributed by atoms with Gasteiger partial charge in [-0.1, -0.05) is 5.16 Å². The van der Waals surface area contributed by atoms with Gasteiger partial charge in [-0.25, -0.2) is 0 Å². The van der Waals surface area contributed by atoms with Crippen molar-refractivity contribution >= 4 is 23.5 Å². The van der Waals surface area contributed by atoms with E-state index in [9.17, 15) is 0 Å². The zero-order valence-corrected chi connectivity index (χ0v) is 9.66. The Morgan fingerprint density at radius 1 is 1.71 bits per heavy atom. The summed E-state index contributed by atoms with van der Waals surface area (Å²) in [7, 11) is 0. The minimum absolute atomic E-state index is 0.247. The Kier molecular flexibility index (Phi) is 3.72. The number of nitrogens with zero attached hydrogens (tertiary/aromatic N) is 2. The van der Waals surface area contributed by atoms with E-state index in [0.717, 1.165) is 29.8 Å². The summed E-state index contributed by atoms with van der Waals surface area (Å²) in [4.78, 5) is 4.35. The van der Waals surface area contributed by atoms with Crippen LogP contribution in [0.2, 0.25) is 0 Å². The van der Waals surface area contributed by atoms with E-state index in [1.54, 1.807) is 11.8 Å². The summed E-state index contributed by atoms with van der Waals surface area (Å²) >= 11 is 3.63. The SMILES string of the molecule is CSCc1noc(C2CSCCN2)n1. The van der Waals surface area contributed by atoms with Gasteiger partial charge in [-0.05, 0) is 6.26 Å². The van der Waals surface area contributed by atoms with Gasteiger partial charge in [-0.3, -0.25) is 0 Å². The highest BCUT2D eigenvalue weighted by molar-refractivity contribution is 7.99. The molecule has 0 amide bonds. The van der Waals surface area contributed by atoms with Crippen molar-refractivity contribution in [2.45, 2.75) is 11.8 Å². The summed E-state index contributed by atoms with van der Waals surface area (Å²) in [6.45, 7) is 1.02. The van der Waals surface area contributed by atoms with Gasteiger partial charge in [0.2, 0.25) is 5.89 Å². The maximum Gasteiger partial charge on any atom is 0.244 e. The van der Waals surface area contributed by atoms with E-state index < -0.39 is 0 Å². The van der Waals surface area contributed by atoms with Gasteiger partial charge in [0.15, 0.2) is 5.82 Å². The molecule has 1 fully saturated rings. The molecule has 0 aliphatic carbocycles. The van der Waals surface area contributed by atoms with Crippen molar-refractivity contribution in [3.05, 3.63) is 11.7 Å². The molecule has 1 aliphatic heterocycles. The van der Waals surface area contributed by atoms with Gasteiger partial charge in [0.05, 0.1) is 11.8 Å². The van der Waals surface area contributed by atoms with Crippen molar-refractivity contribution in [3.8, 4) is 0 Å². The fraction of sp³-hybridized carbons (Fsp3) is 0.750. The smallest absolute Gasteiger partial charge is 0.244 e. The molecule has 1 aliphatic rings. The van der Waals surface area contributed by atoms with Crippen LogP contribution in [0, 0.1) is 0 Å². The minimum atomic E-state index is 0.247. The van der Waals surface area contributed by atoms with Crippen LogP contribution in [-0.4, -0.2) is 34.4 Å². The predicted molar refractivity (Wildman–Crippen MR) is 59.6 cm³/mol. The van der Waals surface area contributed by atoms with Gasteiger partial charge in [-0.2, -0.15) is 28.5 Å². The Labute approximate surface area is 91.6 Å². The highest BCUT2D eigenvalue weighted by atomic mass is 32.2. The molecule has 1 aromatic rings. The molecule has 1 atom stereocenters. The first-order valence-electron chi connectivity index (χ1n) is 4.52. The van der Waals surface area contributed by atoms with Gasteiger partial charge >= 0.3 is 0 Å². The van der Waals surface area contributed by atoms with Crippen LogP contribution in [0.4, 0.5) is 0 Å². The van der Waals surface area contributed by atoms with E-state index in [4.69, 9.17) is 4.52 Å². The molecule has 2 heterocycles. The number of thioether (sulfide) groups is 2. The van der Waals surface area contributed by atoms with Crippen LogP contribution < -0.4 is 5.32 Å². The van der Waals surface area contributed by atoms with Crippen LogP contribution in [0.1, 0.15) is 17.8 Å². The van der Waals surface area contributed by atoms with Crippen molar-refractivity contribution in [1.82, 2.24) is 15.5 Å². The number of hydrogen-bond acceptors (Lipinski definition) is 6. The third-order valence-corrected chi connectivity index (χ3v) is 3.59. The van der Waals surface area contributed by atoms with Crippen molar-refractivity contribution < 1.29 is 4.52 Å². The zero-order valence-electron chi connectivity index (χ0n) is 8.02. The van der Waals surface area contributed by atoms with Gasteiger partial charge in [-0.15, -0.1) is 0 Å². The maximum absolute atomic E-state index is 5.21. The lowest BCUT2D eigenvalue weighted by Gasteiger charge is -2.19. The Balaban J connectivity index is 2.00. The van der Waals surface area contributed by atoms with Crippen LogP contribution in [0.15, 0.2) is 4.52 Å². The zero-order chi connectivity index (χ0) is 9.80. The van der Waals surface area contributed by atoms with E-state index in [-0.39, 0.29) is 6.04 Å².